The summed E-state index contributed by atoms with van der Waals surface area (Å²) in [5.74, 6) is 1.16. The average Bonchev–Trinajstić information content (AvgIpc) is 2.43. The molecule has 1 nitrogen and oxygen atoms in total. The van der Waals surface area contributed by atoms with E-state index in [1.54, 1.807) is 0 Å². The number of carbonyl (C=O) groups excluding carboxylic acids is 1. The van der Waals surface area contributed by atoms with Crippen LogP contribution in [-0.4, -0.2) is 5.78 Å². The van der Waals surface area contributed by atoms with Gasteiger partial charge in [0, 0.05) is 18.3 Å². The molecule has 1 heteroatoms. The van der Waals surface area contributed by atoms with Gasteiger partial charge in [-0.15, -0.1) is 0 Å². The topological polar surface area (TPSA) is 17.1 Å². The maximum Gasteiger partial charge on any atom is 0.138 e. The number of benzene rings is 1. The summed E-state index contributed by atoms with van der Waals surface area (Å²) in [6.45, 7) is 6.63. The van der Waals surface area contributed by atoms with Gasteiger partial charge in [0.15, 0.2) is 0 Å². The van der Waals surface area contributed by atoms with Crippen LogP contribution >= 0.6 is 0 Å². The summed E-state index contributed by atoms with van der Waals surface area (Å²) < 4.78 is 0. The number of allylic oxidation sites excluding steroid dienone is 2. The van der Waals surface area contributed by atoms with Crippen LogP contribution < -0.4 is 0 Å². The molecule has 1 fully saturated rings. The number of carbonyl (C=O) groups is 1. The summed E-state index contributed by atoms with van der Waals surface area (Å²) >= 11 is 0. The zero-order valence-corrected chi connectivity index (χ0v) is 10.7. The fourth-order valence-electron chi connectivity index (χ4n) is 3.61. The van der Waals surface area contributed by atoms with Gasteiger partial charge in [-0.25, -0.2) is 0 Å². The SMILES string of the molecule is CC1=C(c2ccccc2)[C@@H]2CC(=O)[C@H]2C1(C)C. The van der Waals surface area contributed by atoms with Crippen molar-refractivity contribution in [3.63, 3.8) is 0 Å². The second-order valence-corrected chi connectivity index (χ2v) is 5.88. The molecule has 0 bridgehead atoms. The van der Waals surface area contributed by atoms with E-state index in [4.69, 9.17) is 0 Å². The highest BCUT2D eigenvalue weighted by atomic mass is 16.1. The van der Waals surface area contributed by atoms with Crippen LogP contribution in [0.15, 0.2) is 35.9 Å². The molecule has 3 rings (SSSR count). The third kappa shape index (κ3) is 1.28. The van der Waals surface area contributed by atoms with Gasteiger partial charge in [-0.05, 0) is 23.5 Å². The number of fused-ring (bicyclic) bond motifs is 1. The van der Waals surface area contributed by atoms with Crippen molar-refractivity contribution < 1.29 is 4.79 Å². The Bertz CT molecular complexity index is 508. The van der Waals surface area contributed by atoms with Crippen molar-refractivity contribution in [2.75, 3.05) is 0 Å². The molecule has 88 valence electrons. The Labute approximate surface area is 103 Å². The molecule has 2 aliphatic rings. The lowest BCUT2D eigenvalue weighted by Gasteiger charge is -2.39. The molecule has 0 unspecified atom stereocenters. The molecule has 2 aliphatic carbocycles. The van der Waals surface area contributed by atoms with Gasteiger partial charge in [-0.3, -0.25) is 4.79 Å². The molecule has 1 aromatic carbocycles. The monoisotopic (exact) mass is 226 g/mol. The van der Waals surface area contributed by atoms with E-state index in [9.17, 15) is 4.79 Å². The number of hydrogen-bond acceptors (Lipinski definition) is 1. The standard InChI is InChI=1S/C16H18O/c1-10-14(11-7-5-4-6-8-11)12-9-13(17)15(12)16(10,2)3/h4-8,12,15H,9H2,1-3H3/t12-,15-/m0/s1. The fraction of sp³-hybridized carbons (Fsp3) is 0.438. The van der Waals surface area contributed by atoms with E-state index in [2.05, 4.69) is 45.0 Å². The number of rotatable bonds is 1. The Morgan fingerprint density at radius 1 is 1.18 bits per heavy atom. The molecule has 0 saturated heterocycles. The van der Waals surface area contributed by atoms with E-state index in [-0.39, 0.29) is 11.3 Å². The largest absolute Gasteiger partial charge is 0.299 e. The highest BCUT2D eigenvalue weighted by molar-refractivity contribution is 5.97. The van der Waals surface area contributed by atoms with Gasteiger partial charge in [0.2, 0.25) is 0 Å². The first-order chi connectivity index (χ1) is 8.03. The maximum absolute atomic E-state index is 11.8. The lowest BCUT2D eigenvalue weighted by atomic mass is 9.62. The summed E-state index contributed by atoms with van der Waals surface area (Å²) in [5, 5.41) is 0. The Morgan fingerprint density at radius 3 is 2.35 bits per heavy atom. The second-order valence-electron chi connectivity index (χ2n) is 5.88. The van der Waals surface area contributed by atoms with Gasteiger partial charge >= 0.3 is 0 Å². The highest BCUT2D eigenvalue weighted by Crippen LogP contribution is 2.60. The molecule has 0 N–H and O–H groups in total. The Morgan fingerprint density at radius 2 is 1.82 bits per heavy atom. The van der Waals surface area contributed by atoms with Crippen molar-refractivity contribution in [3.8, 4) is 0 Å². The zero-order chi connectivity index (χ0) is 12.2. The first kappa shape index (κ1) is 10.8. The van der Waals surface area contributed by atoms with Crippen LogP contribution in [0.25, 0.3) is 5.57 Å². The first-order valence-electron chi connectivity index (χ1n) is 6.33. The number of hydrogen-bond donors (Lipinski definition) is 0. The lowest BCUT2D eigenvalue weighted by Crippen LogP contribution is -2.42. The van der Waals surface area contributed by atoms with Crippen LogP contribution in [0.1, 0.15) is 32.8 Å². The predicted molar refractivity (Wildman–Crippen MR) is 69.4 cm³/mol. The van der Waals surface area contributed by atoms with Crippen molar-refractivity contribution in [1.82, 2.24) is 0 Å². The van der Waals surface area contributed by atoms with Gasteiger partial charge in [0.1, 0.15) is 5.78 Å². The van der Waals surface area contributed by atoms with Crippen LogP contribution in [0.4, 0.5) is 0 Å². The van der Waals surface area contributed by atoms with Crippen molar-refractivity contribution in [1.29, 1.82) is 0 Å². The second kappa shape index (κ2) is 3.32. The average molecular weight is 226 g/mol. The molecule has 1 saturated carbocycles. The van der Waals surface area contributed by atoms with Crippen LogP contribution in [0.5, 0.6) is 0 Å². The van der Waals surface area contributed by atoms with E-state index in [0.29, 0.717) is 11.7 Å². The third-order valence-corrected chi connectivity index (χ3v) is 4.77. The van der Waals surface area contributed by atoms with Gasteiger partial charge in [-0.2, -0.15) is 0 Å². The van der Waals surface area contributed by atoms with Gasteiger partial charge < -0.3 is 0 Å². The Hall–Kier alpha value is -1.37. The smallest absolute Gasteiger partial charge is 0.138 e. The normalized spacial score (nSPS) is 30.2. The summed E-state index contributed by atoms with van der Waals surface area (Å²) in [6, 6.07) is 10.5. The summed E-state index contributed by atoms with van der Waals surface area (Å²) in [5.41, 5.74) is 4.19. The molecule has 0 radical (unpaired) electrons. The van der Waals surface area contributed by atoms with Crippen molar-refractivity contribution >= 4 is 11.4 Å². The molecule has 0 spiro atoms. The van der Waals surface area contributed by atoms with Crippen molar-refractivity contribution in [2.45, 2.75) is 27.2 Å². The lowest BCUT2D eigenvalue weighted by molar-refractivity contribution is -0.135. The van der Waals surface area contributed by atoms with Gasteiger partial charge in [-0.1, -0.05) is 49.8 Å². The number of ketones is 1. The molecular weight excluding hydrogens is 208 g/mol. The molecular formula is C16H18O. The quantitative estimate of drug-likeness (QED) is 0.713. The summed E-state index contributed by atoms with van der Waals surface area (Å²) in [7, 11) is 0. The highest BCUT2D eigenvalue weighted by Gasteiger charge is 2.56. The van der Waals surface area contributed by atoms with E-state index in [1.165, 1.54) is 16.7 Å². The van der Waals surface area contributed by atoms with Crippen LogP contribution in [0.3, 0.4) is 0 Å². The van der Waals surface area contributed by atoms with Gasteiger partial charge in [0.05, 0.1) is 0 Å². The Balaban J connectivity index is 2.12. The van der Waals surface area contributed by atoms with Crippen LogP contribution in [0, 0.1) is 17.3 Å². The minimum Gasteiger partial charge on any atom is -0.299 e. The fourth-order valence-corrected chi connectivity index (χ4v) is 3.61. The molecule has 0 amide bonds. The van der Waals surface area contributed by atoms with Crippen LogP contribution in [0.2, 0.25) is 0 Å². The maximum atomic E-state index is 11.8. The molecule has 1 aromatic rings. The molecule has 0 aromatic heterocycles. The van der Waals surface area contributed by atoms with E-state index >= 15 is 0 Å². The Kier molecular flexibility index (Phi) is 2.10. The van der Waals surface area contributed by atoms with Crippen LogP contribution in [-0.2, 0) is 4.79 Å². The van der Waals surface area contributed by atoms with E-state index in [1.807, 2.05) is 6.07 Å². The van der Waals surface area contributed by atoms with Crippen molar-refractivity contribution in [2.24, 2.45) is 17.3 Å². The summed E-state index contributed by atoms with van der Waals surface area (Å²) in [6.07, 6.45) is 0.746. The van der Waals surface area contributed by atoms with E-state index in [0.717, 1.165) is 6.42 Å². The summed E-state index contributed by atoms with van der Waals surface area (Å²) in [4.78, 5) is 11.8. The van der Waals surface area contributed by atoms with Gasteiger partial charge in [0.25, 0.3) is 0 Å². The molecule has 0 aliphatic heterocycles. The molecule has 2 atom stereocenters. The minimum atomic E-state index is 0.0468. The van der Waals surface area contributed by atoms with E-state index < -0.39 is 0 Å². The first-order valence-corrected chi connectivity index (χ1v) is 6.33. The third-order valence-electron chi connectivity index (χ3n) is 4.77. The minimum absolute atomic E-state index is 0.0468. The van der Waals surface area contributed by atoms with Crippen molar-refractivity contribution in [3.05, 3.63) is 41.5 Å². The number of Topliss-reactive ketones (excluding diaryl/α,β-unsaturated/α-hetero) is 1. The molecule has 17 heavy (non-hydrogen) atoms. The zero-order valence-electron chi connectivity index (χ0n) is 10.7. The molecule has 0 heterocycles. The predicted octanol–water partition coefficient (Wildman–Crippen LogP) is 3.71.